The molecule has 30 heavy (non-hydrogen) atoms. The van der Waals surface area contributed by atoms with Crippen LogP contribution in [0.1, 0.15) is 49.8 Å². The van der Waals surface area contributed by atoms with E-state index in [0.29, 0.717) is 23.0 Å². The lowest BCUT2D eigenvalue weighted by Gasteiger charge is -2.31. The summed E-state index contributed by atoms with van der Waals surface area (Å²) >= 11 is 12.4. The molecule has 0 aliphatic heterocycles. The van der Waals surface area contributed by atoms with Crippen LogP contribution in [0.2, 0.25) is 10.0 Å². The van der Waals surface area contributed by atoms with Crippen LogP contribution in [0.4, 0.5) is 0 Å². The van der Waals surface area contributed by atoms with Crippen molar-refractivity contribution in [1.29, 1.82) is 0 Å². The average molecular weight is 449 g/mol. The molecule has 0 bridgehead atoms. The Morgan fingerprint density at radius 1 is 1.07 bits per heavy atom. The monoisotopic (exact) mass is 448 g/mol. The zero-order valence-electron chi connectivity index (χ0n) is 17.9. The first-order valence-electron chi connectivity index (χ1n) is 10.4. The second kappa shape index (κ2) is 12.0. The van der Waals surface area contributed by atoms with Crippen molar-refractivity contribution in [2.45, 2.75) is 59.0 Å². The van der Waals surface area contributed by atoms with Crippen LogP contribution in [0.15, 0.2) is 42.5 Å². The van der Waals surface area contributed by atoms with Gasteiger partial charge in [0.05, 0.1) is 6.42 Å². The van der Waals surface area contributed by atoms with Gasteiger partial charge < -0.3 is 10.2 Å². The van der Waals surface area contributed by atoms with Crippen LogP contribution in [0.3, 0.4) is 0 Å². The standard InChI is InChI=1S/C24H30Cl2N2O2/c1-4-6-13-27-24(30)22(5-2)28(16-19-11-12-20(25)15-21(19)26)23(29)14-18-9-7-17(3)8-10-18/h7-12,15,22H,4-6,13-14,16H2,1-3H3,(H,27,30)/t22-/m1/s1. The smallest absolute Gasteiger partial charge is 0.242 e. The summed E-state index contributed by atoms with van der Waals surface area (Å²) in [5, 5.41) is 3.98. The third-order valence-corrected chi connectivity index (χ3v) is 5.63. The Morgan fingerprint density at radius 2 is 1.77 bits per heavy atom. The molecular weight excluding hydrogens is 419 g/mol. The highest BCUT2D eigenvalue weighted by atomic mass is 35.5. The van der Waals surface area contributed by atoms with Crippen LogP contribution >= 0.6 is 23.2 Å². The van der Waals surface area contributed by atoms with Crippen LogP contribution in [-0.4, -0.2) is 29.3 Å². The third-order valence-electron chi connectivity index (χ3n) is 5.05. The molecular formula is C24H30Cl2N2O2. The summed E-state index contributed by atoms with van der Waals surface area (Å²) in [6.45, 7) is 6.85. The molecule has 2 amide bonds. The highest BCUT2D eigenvalue weighted by Gasteiger charge is 2.29. The van der Waals surface area contributed by atoms with Crippen molar-refractivity contribution < 1.29 is 9.59 Å². The number of unbranched alkanes of at least 4 members (excludes halogenated alkanes) is 1. The van der Waals surface area contributed by atoms with Crippen molar-refractivity contribution in [3.8, 4) is 0 Å². The van der Waals surface area contributed by atoms with Gasteiger partial charge in [-0.1, -0.05) is 79.4 Å². The van der Waals surface area contributed by atoms with Gasteiger partial charge in [0.15, 0.2) is 0 Å². The quantitative estimate of drug-likeness (QED) is 0.483. The molecule has 2 aromatic carbocycles. The fourth-order valence-electron chi connectivity index (χ4n) is 3.24. The number of amides is 2. The van der Waals surface area contributed by atoms with E-state index in [-0.39, 0.29) is 24.8 Å². The molecule has 2 rings (SSSR count). The average Bonchev–Trinajstić information content (AvgIpc) is 2.71. The van der Waals surface area contributed by atoms with E-state index in [1.54, 1.807) is 23.1 Å². The van der Waals surface area contributed by atoms with Crippen molar-refractivity contribution >= 4 is 35.0 Å². The molecule has 0 heterocycles. The van der Waals surface area contributed by atoms with Gasteiger partial charge in [0.1, 0.15) is 6.04 Å². The number of benzene rings is 2. The zero-order valence-corrected chi connectivity index (χ0v) is 19.4. The predicted octanol–water partition coefficient (Wildman–Crippen LogP) is 5.57. The van der Waals surface area contributed by atoms with Crippen LogP contribution < -0.4 is 5.32 Å². The van der Waals surface area contributed by atoms with Crippen molar-refractivity contribution in [3.63, 3.8) is 0 Å². The summed E-state index contributed by atoms with van der Waals surface area (Å²) in [6, 6.07) is 12.5. The predicted molar refractivity (Wildman–Crippen MR) is 124 cm³/mol. The Balaban J connectivity index is 2.28. The van der Waals surface area contributed by atoms with Gasteiger partial charge in [0, 0.05) is 23.1 Å². The molecule has 0 aliphatic carbocycles. The molecule has 0 radical (unpaired) electrons. The molecule has 0 spiro atoms. The van der Waals surface area contributed by atoms with Gasteiger partial charge in [0.2, 0.25) is 11.8 Å². The maximum Gasteiger partial charge on any atom is 0.242 e. The molecule has 1 atom stereocenters. The molecule has 0 fully saturated rings. The molecule has 6 heteroatoms. The van der Waals surface area contributed by atoms with E-state index in [2.05, 4.69) is 12.2 Å². The molecule has 4 nitrogen and oxygen atoms in total. The van der Waals surface area contributed by atoms with Gasteiger partial charge >= 0.3 is 0 Å². The molecule has 0 aromatic heterocycles. The lowest BCUT2D eigenvalue weighted by molar-refractivity contribution is -0.140. The fraction of sp³-hybridized carbons (Fsp3) is 0.417. The Hall–Kier alpha value is -2.04. The van der Waals surface area contributed by atoms with Crippen LogP contribution in [0, 0.1) is 6.92 Å². The van der Waals surface area contributed by atoms with Crippen LogP contribution in [0.25, 0.3) is 0 Å². The van der Waals surface area contributed by atoms with E-state index in [9.17, 15) is 9.59 Å². The van der Waals surface area contributed by atoms with Gasteiger partial charge in [-0.3, -0.25) is 9.59 Å². The van der Waals surface area contributed by atoms with Crippen molar-refractivity contribution in [3.05, 3.63) is 69.2 Å². The molecule has 0 aliphatic rings. The molecule has 0 saturated carbocycles. The van der Waals surface area contributed by atoms with Crippen molar-refractivity contribution in [2.75, 3.05) is 6.54 Å². The number of nitrogens with one attached hydrogen (secondary N) is 1. The van der Waals surface area contributed by atoms with Crippen molar-refractivity contribution in [2.24, 2.45) is 0 Å². The second-order valence-electron chi connectivity index (χ2n) is 7.49. The SMILES string of the molecule is CCCCNC(=O)[C@@H](CC)N(Cc1ccc(Cl)cc1Cl)C(=O)Cc1ccc(C)cc1. The van der Waals surface area contributed by atoms with E-state index >= 15 is 0 Å². The highest BCUT2D eigenvalue weighted by Crippen LogP contribution is 2.24. The number of hydrogen-bond donors (Lipinski definition) is 1. The van der Waals surface area contributed by atoms with Gasteiger partial charge in [-0.05, 0) is 43.0 Å². The van der Waals surface area contributed by atoms with E-state index in [1.165, 1.54) is 0 Å². The minimum absolute atomic E-state index is 0.109. The number of halogens is 2. The fourth-order valence-corrected chi connectivity index (χ4v) is 3.71. The number of nitrogens with zero attached hydrogens (tertiary/aromatic N) is 1. The van der Waals surface area contributed by atoms with Gasteiger partial charge in [-0.15, -0.1) is 0 Å². The third kappa shape index (κ3) is 7.03. The highest BCUT2D eigenvalue weighted by molar-refractivity contribution is 6.35. The first-order chi connectivity index (χ1) is 14.3. The Morgan fingerprint density at radius 3 is 2.37 bits per heavy atom. The van der Waals surface area contributed by atoms with E-state index in [0.717, 1.165) is 29.5 Å². The van der Waals surface area contributed by atoms with Gasteiger partial charge in [-0.2, -0.15) is 0 Å². The summed E-state index contributed by atoms with van der Waals surface area (Å²) in [4.78, 5) is 27.8. The van der Waals surface area contributed by atoms with E-state index in [1.807, 2.05) is 38.1 Å². The van der Waals surface area contributed by atoms with E-state index in [4.69, 9.17) is 23.2 Å². The Labute approximate surface area is 189 Å². The summed E-state index contributed by atoms with van der Waals surface area (Å²) < 4.78 is 0. The number of aryl methyl sites for hydroxylation is 1. The van der Waals surface area contributed by atoms with Crippen LogP contribution in [0.5, 0.6) is 0 Å². The number of hydrogen-bond acceptors (Lipinski definition) is 2. The first-order valence-corrected chi connectivity index (χ1v) is 11.2. The maximum atomic E-state index is 13.3. The van der Waals surface area contributed by atoms with Crippen molar-refractivity contribution in [1.82, 2.24) is 10.2 Å². The van der Waals surface area contributed by atoms with Crippen LogP contribution in [-0.2, 0) is 22.6 Å². The second-order valence-corrected chi connectivity index (χ2v) is 8.33. The first kappa shape index (κ1) is 24.2. The molecule has 0 saturated heterocycles. The lowest BCUT2D eigenvalue weighted by atomic mass is 10.1. The molecule has 1 N–H and O–H groups in total. The topological polar surface area (TPSA) is 49.4 Å². The minimum atomic E-state index is -0.563. The number of rotatable bonds is 10. The Bertz CT molecular complexity index is 853. The summed E-state index contributed by atoms with van der Waals surface area (Å²) in [5.74, 6) is -0.240. The summed E-state index contributed by atoms with van der Waals surface area (Å²) in [5.41, 5.74) is 2.81. The lowest BCUT2D eigenvalue weighted by Crippen LogP contribution is -2.49. The summed E-state index contributed by atoms with van der Waals surface area (Å²) in [6.07, 6.45) is 2.64. The normalized spacial score (nSPS) is 11.8. The molecule has 162 valence electrons. The number of carbonyl (C=O) groups is 2. The Kier molecular flexibility index (Phi) is 9.67. The largest absolute Gasteiger partial charge is 0.354 e. The molecule has 0 unspecified atom stereocenters. The maximum absolute atomic E-state index is 13.3. The van der Waals surface area contributed by atoms with Gasteiger partial charge in [-0.25, -0.2) is 0 Å². The number of carbonyl (C=O) groups excluding carboxylic acids is 2. The van der Waals surface area contributed by atoms with E-state index < -0.39 is 6.04 Å². The van der Waals surface area contributed by atoms with Gasteiger partial charge in [0.25, 0.3) is 0 Å². The zero-order chi connectivity index (χ0) is 22.1. The summed E-state index contributed by atoms with van der Waals surface area (Å²) in [7, 11) is 0. The minimum Gasteiger partial charge on any atom is -0.354 e. The molecule has 2 aromatic rings.